The molecule has 0 spiro atoms. The number of piperidine rings is 1. The van der Waals surface area contributed by atoms with E-state index in [0.717, 1.165) is 4.90 Å². The number of carboxylic acid groups (broad SMARTS) is 1. The lowest BCUT2D eigenvalue weighted by molar-refractivity contribution is -0.183. The van der Waals surface area contributed by atoms with E-state index in [-0.39, 0.29) is 19.4 Å². The molecule has 2 fully saturated rings. The highest BCUT2D eigenvalue weighted by Gasteiger charge is 2.55. The van der Waals surface area contributed by atoms with Crippen molar-refractivity contribution in [2.24, 2.45) is 11.8 Å². The van der Waals surface area contributed by atoms with Gasteiger partial charge in [-0.3, -0.25) is 9.59 Å². The predicted octanol–water partition coefficient (Wildman–Crippen LogP) is 1.26. The molecule has 0 aromatic rings. The van der Waals surface area contributed by atoms with Gasteiger partial charge in [-0.1, -0.05) is 0 Å². The average molecular weight is 251 g/mol. The van der Waals surface area contributed by atoms with Gasteiger partial charge in [-0.25, -0.2) is 0 Å². The third-order valence-electron chi connectivity index (χ3n) is 3.58. The lowest BCUT2D eigenvalue weighted by Gasteiger charge is -2.35. The molecule has 0 unspecified atom stereocenters. The Morgan fingerprint density at radius 2 is 2.00 bits per heavy atom. The van der Waals surface area contributed by atoms with Crippen LogP contribution in [0.25, 0.3) is 0 Å². The van der Waals surface area contributed by atoms with E-state index in [1.165, 1.54) is 0 Å². The van der Waals surface area contributed by atoms with Crippen LogP contribution in [0.3, 0.4) is 0 Å². The zero-order chi connectivity index (χ0) is 12.8. The second-order valence-corrected chi connectivity index (χ2v) is 4.58. The largest absolute Gasteiger partial charge is 0.481 e. The van der Waals surface area contributed by atoms with Crippen molar-refractivity contribution >= 4 is 11.9 Å². The van der Waals surface area contributed by atoms with Gasteiger partial charge in [-0.05, 0) is 12.8 Å². The van der Waals surface area contributed by atoms with Gasteiger partial charge >= 0.3 is 12.1 Å². The third kappa shape index (κ3) is 2.10. The molecular weight excluding hydrogens is 239 g/mol. The van der Waals surface area contributed by atoms with Crippen LogP contribution in [0.2, 0.25) is 0 Å². The van der Waals surface area contributed by atoms with Crippen molar-refractivity contribution in [2.45, 2.75) is 31.5 Å². The average Bonchev–Trinajstić information content (AvgIpc) is 2.55. The van der Waals surface area contributed by atoms with Gasteiger partial charge in [0.15, 0.2) is 0 Å². The first kappa shape index (κ1) is 12.2. The monoisotopic (exact) mass is 251 g/mol. The fraction of sp³-hybridized carbons (Fsp3) is 0.800. The van der Waals surface area contributed by atoms with Crippen LogP contribution in [-0.4, -0.2) is 40.6 Å². The van der Waals surface area contributed by atoms with Crippen LogP contribution in [-0.2, 0) is 9.59 Å². The Morgan fingerprint density at radius 3 is 2.53 bits per heavy atom. The van der Waals surface area contributed by atoms with Gasteiger partial charge in [0, 0.05) is 19.0 Å². The van der Waals surface area contributed by atoms with Crippen molar-refractivity contribution in [3.05, 3.63) is 0 Å². The van der Waals surface area contributed by atoms with Crippen molar-refractivity contribution in [3.63, 3.8) is 0 Å². The molecule has 0 bridgehead atoms. The minimum atomic E-state index is -4.38. The highest BCUT2D eigenvalue weighted by Crippen LogP contribution is 2.43. The van der Waals surface area contributed by atoms with E-state index in [0.29, 0.717) is 0 Å². The smallest absolute Gasteiger partial charge is 0.394 e. The standard InChI is InChI=1S/C10H12F3NO3/c11-10(12,13)6-3-8(15)14-4-5(9(16)17)1-2-7(6)14/h5-7H,1-4H2,(H,16,17)/t5-,6+,7-/m0/s1. The van der Waals surface area contributed by atoms with Gasteiger partial charge in [0.1, 0.15) is 0 Å². The van der Waals surface area contributed by atoms with Crippen molar-refractivity contribution < 1.29 is 27.9 Å². The van der Waals surface area contributed by atoms with Gasteiger partial charge in [0.25, 0.3) is 0 Å². The molecule has 2 saturated heterocycles. The quantitative estimate of drug-likeness (QED) is 0.763. The lowest BCUT2D eigenvalue weighted by Crippen LogP contribution is -2.47. The summed E-state index contributed by atoms with van der Waals surface area (Å²) in [6.45, 7) is -0.0919. The van der Waals surface area contributed by atoms with E-state index < -0.39 is 42.4 Å². The summed E-state index contributed by atoms with van der Waals surface area (Å²) in [6.07, 6.45) is -4.60. The van der Waals surface area contributed by atoms with Gasteiger partial charge in [0.2, 0.25) is 5.91 Å². The Hall–Kier alpha value is -1.27. The summed E-state index contributed by atoms with van der Waals surface area (Å²) in [5.41, 5.74) is 0. The van der Waals surface area contributed by atoms with E-state index in [9.17, 15) is 22.8 Å². The van der Waals surface area contributed by atoms with Crippen LogP contribution >= 0.6 is 0 Å². The maximum absolute atomic E-state index is 12.7. The number of alkyl halides is 3. The second-order valence-electron chi connectivity index (χ2n) is 4.58. The van der Waals surface area contributed by atoms with Crippen molar-refractivity contribution in [2.75, 3.05) is 6.54 Å². The first-order valence-corrected chi connectivity index (χ1v) is 5.39. The van der Waals surface area contributed by atoms with Crippen LogP contribution in [0.5, 0.6) is 0 Å². The summed E-state index contributed by atoms with van der Waals surface area (Å²) in [4.78, 5) is 23.3. The van der Waals surface area contributed by atoms with Crippen LogP contribution in [0.4, 0.5) is 13.2 Å². The number of hydrogen-bond acceptors (Lipinski definition) is 2. The number of nitrogens with zero attached hydrogens (tertiary/aromatic N) is 1. The zero-order valence-corrected chi connectivity index (χ0v) is 8.91. The van der Waals surface area contributed by atoms with E-state index in [1.54, 1.807) is 0 Å². The summed E-state index contributed by atoms with van der Waals surface area (Å²) in [7, 11) is 0. The fourth-order valence-corrected chi connectivity index (χ4v) is 2.67. The minimum Gasteiger partial charge on any atom is -0.481 e. The summed E-state index contributed by atoms with van der Waals surface area (Å²) < 4.78 is 38.0. The first-order valence-electron chi connectivity index (χ1n) is 5.39. The van der Waals surface area contributed by atoms with Crippen LogP contribution in [0, 0.1) is 11.8 Å². The summed E-state index contributed by atoms with van der Waals surface area (Å²) >= 11 is 0. The van der Waals surface area contributed by atoms with E-state index in [2.05, 4.69) is 0 Å². The zero-order valence-electron chi connectivity index (χ0n) is 8.91. The number of rotatable bonds is 1. The van der Waals surface area contributed by atoms with Crippen LogP contribution < -0.4 is 0 Å². The molecule has 2 rings (SSSR count). The summed E-state index contributed by atoms with van der Waals surface area (Å²) in [5, 5.41) is 8.81. The van der Waals surface area contributed by atoms with Gasteiger partial charge in [-0.2, -0.15) is 13.2 Å². The number of halogens is 3. The lowest BCUT2D eigenvalue weighted by atomic mass is 9.88. The number of aliphatic carboxylic acids is 1. The van der Waals surface area contributed by atoms with Gasteiger partial charge < -0.3 is 10.0 Å². The Kier molecular flexibility index (Phi) is 2.79. The number of carbonyl (C=O) groups excluding carboxylic acids is 1. The number of carboxylic acids is 1. The molecule has 0 aromatic carbocycles. The topological polar surface area (TPSA) is 57.6 Å². The molecular formula is C10H12F3NO3. The highest BCUT2D eigenvalue weighted by molar-refractivity contribution is 5.81. The minimum absolute atomic E-state index is 0.0919. The van der Waals surface area contributed by atoms with Crippen LogP contribution in [0.15, 0.2) is 0 Å². The molecule has 2 aliphatic heterocycles. The predicted molar refractivity (Wildman–Crippen MR) is 50.0 cm³/mol. The molecule has 1 amide bonds. The van der Waals surface area contributed by atoms with Gasteiger partial charge in [-0.15, -0.1) is 0 Å². The van der Waals surface area contributed by atoms with E-state index in [4.69, 9.17) is 5.11 Å². The Bertz CT molecular complexity index is 355. The molecule has 0 aliphatic carbocycles. The Labute approximate surface area is 95.4 Å². The van der Waals surface area contributed by atoms with Gasteiger partial charge in [0.05, 0.1) is 11.8 Å². The number of amides is 1. The Balaban J connectivity index is 2.15. The summed E-state index contributed by atoms with van der Waals surface area (Å²) in [6, 6.07) is -0.863. The molecule has 2 aliphatic rings. The normalized spacial score (nSPS) is 33.7. The number of fused-ring (bicyclic) bond motifs is 1. The maximum atomic E-state index is 12.7. The molecule has 0 saturated carbocycles. The van der Waals surface area contributed by atoms with Crippen molar-refractivity contribution in [1.29, 1.82) is 0 Å². The molecule has 2 heterocycles. The summed E-state index contributed by atoms with van der Waals surface area (Å²) in [5.74, 6) is -4.00. The Morgan fingerprint density at radius 1 is 1.35 bits per heavy atom. The molecule has 3 atom stereocenters. The third-order valence-corrected chi connectivity index (χ3v) is 3.58. The molecule has 17 heavy (non-hydrogen) atoms. The van der Waals surface area contributed by atoms with Crippen molar-refractivity contribution in [3.8, 4) is 0 Å². The first-order chi connectivity index (χ1) is 7.80. The molecule has 0 radical (unpaired) electrons. The SMILES string of the molecule is O=C(O)[C@H]1CC[C@H]2[C@H](C(F)(F)F)CC(=O)N2C1. The van der Waals surface area contributed by atoms with Crippen LogP contribution in [0.1, 0.15) is 19.3 Å². The number of carbonyl (C=O) groups is 2. The second kappa shape index (κ2) is 3.89. The van der Waals surface area contributed by atoms with E-state index in [1.807, 2.05) is 0 Å². The fourth-order valence-electron chi connectivity index (χ4n) is 2.67. The van der Waals surface area contributed by atoms with E-state index >= 15 is 0 Å². The molecule has 4 nitrogen and oxygen atoms in total. The molecule has 1 N–H and O–H groups in total. The molecule has 96 valence electrons. The highest BCUT2D eigenvalue weighted by atomic mass is 19.4. The van der Waals surface area contributed by atoms with Crippen molar-refractivity contribution in [1.82, 2.24) is 4.90 Å². The number of hydrogen-bond donors (Lipinski definition) is 1. The molecule has 7 heteroatoms. The molecule has 0 aromatic heterocycles. The maximum Gasteiger partial charge on any atom is 0.394 e.